The zero-order chi connectivity index (χ0) is 13.6. The maximum absolute atomic E-state index is 11.2. The molecule has 2 aliphatic rings. The van der Waals surface area contributed by atoms with Crippen LogP contribution in [0.3, 0.4) is 0 Å². The lowest BCUT2D eigenvalue weighted by Gasteiger charge is -2.21. The molecule has 1 aliphatic heterocycles. The minimum Gasteiger partial charge on any atom is -0.396 e. The number of carbonyl (C=O) groups excluding carboxylic acids is 1. The van der Waals surface area contributed by atoms with Crippen molar-refractivity contribution in [2.24, 2.45) is 17.6 Å². The van der Waals surface area contributed by atoms with Crippen LogP contribution in [0.1, 0.15) is 23.3 Å². The largest absolute Gasteiger partial charge is 0.396 e. The second-order valence-electron chi connectivity index (χ2n) is 5.45. The molecule has 1 saturated carbocycles. The summed E-state index contributed by atoms with van der Waals surface area (Å²) in [6, 6.07) is 3.19. The first-order valence-electron chi connectivity index (χ1n) is 6.55. The van der Waals surface area contributed by atoms with Crippen molar-refractivity contribution >= 4 is 17.4 Å². The summed E-state index contributed by atoms with van der Waals surface area (Å²) in [4.78, 5) is 17.5. The highest BCUT2D eigenvalue weighted by molar-refractivity contribution is 5.91. The summed E-state index contributed by atoms with van der Waals surface area (Å²) in [6.45, 7) is 1.58. The first kappa shape index (κ1) is 12.2. The standard InChI is InChI=1S/C13H18N4O2/c14-9-2-3-10(12(15)19)16-13(9)17-5-7-1-4-11(18)8(7)6-17/h2-3,7-8,11,18H,1,4-6,14H2,(H2,15,19). The Hall–Kier alpha value is -1.82. The van der Waals surface area contributed by atoms with Crippen LogP contribution in [0.25, 0.3) is 0 Å². The molecule has 1 aromatic rings. The van der Waals surface area contributed by atoms with Crippen LogP contribution in [0, 0.1) is 11.8 Å². The molecule has 19 heavy (non-hydrogen) atoms. The third-order valence-corrected chi connectivity index (χ3v) is 4.28. The number of aliphatic hydroxyl groups is 1. The maximum atomic E-state index is 11.2. The number of primary amides is 1. The van der Waals surface area contributed by atoms with Gasteiger partial charge in [-0.3, -0.25) is 4.79 Å². The van der Waals surface area contributed by atoms with E-state index in [-0.39, 0.29) is 11.8 Å². The molecule has 2 heterocycles. The van der Waals surface area contributed by atoms with E-state index in [4.69, 9.17) is 11.5 Å². The molecule has 3 rings (SSSR count). The number of nitrogen functional groups attached to an aromatic ring is 1. The summed E-state index contributed by atoms with van der Waals surface area (Å²) in [5.41, 5.74) is 11.9. The van der Waals surface area contributed by atoms with Gasteiger partial charge in [0.2, 0.25) is 0 Å². The second-order valence-corrected chi connectivity index (χ2v) is 5.45. The second kappa shape index (κ2) is 4.38. The van der Waals surface area contributed by atoms with Crippen molar-refractivity contribution in [2.45, 2.75) is 18.9 Å². The maximum Gasteiger partial charge on any atom is 0.267 e. The van der Waals surface area contributed by atoms with Gasteiger partial charge in [0.1, 0.15) is 5.69 Å². The van der Waals surface area contributed by atoms with E-state index in [0.29, 0.717) is 23.3 Å². The van der Waals surface area contributed by atoms with Gasteiger partial charge in [0.05, 0.1) is 11.8 Å². The van der Waals surface area contributed by atoms with Gasteiger partial charge in [-0.25, -0.2) is 4.98 Å². The number of aromatic nitrogens is 1. The number of pyridine rings is 1. The van der Waals surface area contributed by atoms with Crippen LogP contribution in [0.4, 0.5) is 11.5 Å². The van der Waals surface area contributed by atoms with Gasteiger partial charge in [0, 0.05) is 19.0 Å². The number of carbonyl (C=O) groups is 1. The summed E-state index contributed by atoms with van der Waals surface area (Å²) in [7, 11) is 0. The van der Waals surface area contributed by atoms with Crippen molar-refractivity contribution in [3.05, 3.63) is 17.8 Å². The summed E-state index contributed by atoms with van der Waals surface area (Å²) in [5.74, 6) is 0.838. The monoisotopic (exact) mass is 262 g/mol. The van der Waals surface area contributed by atoms with Gasteiger partial charge in [0.25, 0.3) is 5.91 Å². The first-order chi connectivity index (χ1) is 9.06. The first-order valence-corrected chi connectivity index (χ1v) is 6.55. The zero-order valence-corrected chi connectivity index (χ0v) is 10.6. The van der Waals surface area contributed by atoms with E-state index in [0.717, 1.165) is 25.9 Å². The van der Waals surface area contributed by atoms with Crippen molar-refractivity contribution in [3.63, 3.8) is 0 Å². The Kier molecular flexibility index (Phi) is 2.82. The van der Waals surface area contributed by atoms with E-state index >= 15 is 0 Å². The van der Waals surface area contributed by atoms with Crippen LogP contribution in [-0.2, 0) is 0 Å². The van der Waals surface area contributed by atoms with Crippen LogP contribution in [0.5, 0.6) is 0 Å². The fourth-order valence-corrected chi connectivity index (χ4v) is 3.26. The van der Waals surface area contributed by atoms with E-state index in [1.165, 1.54) is 6.07 Å². The molecular weight excluding hydrogens is 244 g/mol. The average molecular weight is 262 g/mol. The van der Waals surface area contributed by atoms with Crippen LogP contribution in [-0.4, -0.2) is 35.2 Å². The number of aliphatic hydroxyl groups excluding tert-OH is 1. The van der Waals surface area contributed by atoms with Gasteiger partial charge in [-0.1, -0.05) is 0 Å². The fourth-order valence-electron chi connectivity index (χ4n) is 3.26. The number of rotatable bonds is 2. The van der Waals surface area contributed by atoms with Gasteiger partial charge < -0.3 is 21.5 Å². The molecule has 1 aliphatic carbocycles. The molecule has 5 N–H and O–H groups in total. The van der Waals surface area contributed by atoms with Crippen LogP contribution >= 0.6 is 0 Å². The lowest BCUT2D eigenvalue weighted by atomic mass is 10.00. The Labute approximate surface area is 111 Å². The van der Waals surface area contributed by atoms with Gasteiger partial charge in [-0.15, -0.1) is 0 Å². The van der Waals surface area contributed by atoms with E-state index in [1.807, 2.05) is 0 Å². The molecule has 3 atom stereocenters. The number of fused-ring (bicyclic) bond motifs is 1. The van der Waals surface area contributed by atoms with Gasteiger partial charge in [0.15, 0.2) is 5.82 Å². The molecule has 2 fully saturated rings. The van der Waals surface area contributed by atoms with Crippen LogP contribution in [0.15, 0.2) is 12.1 Å². The summed E-state index contributed by atoms with van der Waals surface area (Å²) >= 11 is 0. The molecule has 0 bridgehead atoms. The molecule has 1 aromatic heterocycles. The quantitative estimate of drug-likeness (QED) is 0.694. The highest BCUT2D eigenvalue weighted by atomic mass is 16.3. The van der Waals surface area contributed by atoms with Gasteiger partial charge >= 0.3 is 0 Å². The lowest BCUT2D eigenvalue weighted by Crippen LogP contribution is -2.27. The van der Waals surface area contributed by atoms with Gasteiger partial charge in [-0.05, 0) is 30.9 Å². The predicted octanol–water partition coefficient (Wildman–Crippen LogP) is -0.0302. The summed E-state index contributed by atoms with van der Waals surface area (Å²) < 4.78 is 0. The number of amides is 1. The van der Waals surface area contributed by atoms with E-state index < -0.39 is 5.91 Å². The highest BCUT2D eigenvalue weighted by Crippen LogP contribution is 2.40. The summed E-state index contributed by atoms with van der Waals surface area (Å²) in [5, 5.41) is 9.92. The van der Waals surface area contributed by atoms with Crippen molar-refractivity contribution < 1.29 is 9.90 Å². The van der Waals surface area contributed by atoms with Crippen LogP contribution < -0.4 is 16.4 Å². The third-order valence-electron chi connectivity index (χ3n) is 4.28. The minimum atomic E-state index is -0.555. The fraction of sp³-hybridized carbons (Fsp3) is 0.538. The smallest absolute Gasteiger partial charge is 0.267 e. The Morgan fingerprint density at radius 1 is 1.37 bits per heavy atom. The number of hydrogen-bond acceptors (Lipinski definition) is 5. The topological polar surface area (TPSA) is 105 Å². The van der Waals surface area contributed by atoms with E-state index in [2.05, 4.69) is 9.88 Å². The van der Waals surface area contributed by atoms with Crippen LogP contribution in [0.2, 0.25) is 0 Å². The minimum absolute atomic E-state index is 0.224. The number of nitrogens with two attached hydrogens (primary N) is 2. The van der Waals surface area contributed by atoms with Crippen molar-refractivity contribution in [3.8, 4) is 0 Å². The summed E-state index contributed by atoms with van der Waals surface area (Å²) in [6.07, 6.45) is 1.70. The highest BCUT2D eigenvalue weighted by Gasteiger charge is 2.42. The molecule has 1 saturated heterocycles. The lowest BCUT2D eigenvalue weighted by molar-refractivity contribution is 0.0995. The molecule has 0 radical (unpaired) electrons. The van der Waals surface area contributed by atoms with Crippen molar-refractivity contribution in [1.82, 2.24) is 4.98 Å². The molecule has 6 heteroatoms. The molecule has 0 aromatic carbocycles. The molecule has 3 unspecified atom stereocenters. The van der Waals surface area contributed by atoms with Crippen molar-refractivity contribution in [1.29, 1.82) is 0 Å². The third kappa shape index (κ3) is 2.02. The van der Waals surface area contributed by atoms with E-state index in [1.54, 1.807) is 6.07 Å². The normalized spacial score (nSPS) is 29.5. The molecule has 102 valence electrons. The SMILES string of the molecule is NC(=O)c1ccc(N)c(N2CC3CCC(O)C3C2)n1. The molecular formula is C13H18N4O2. The number of hydrogen-bond donors (Lipinski definition) is 3. The number of anilines is 2. The Bertz CT molecular complexity index is 519. The Morgan fingerprint density at radius 3 is 2.84 bits per heavy atom. The zero-order valence-electron chi connectivity index (χ0n) is 10.6. The average Bonchev–Trinajstić information content (AvgIpc) is 2.92. The molecule has 0 spiro atoms. The van der Waals surface area contributed by atoms with Crippen molar-refractivity contribution in [2.75, 3.05) is 23.7 Å². The molecule has 6 nitrogen and oxygen atoms in total. The molecule has 1 amide bonds. The van der Waals surface area contributed by atoms with Gasteiger partial charge in [-0.2, -0.15) is 0 Å². The van der Waals surface area contributed by atoms with E-state index in [9.17, 15) is 9.90 Å². The predicted molar refractivity (Wildman–Crippen MR) is 71.6 cm³/mol. The Morgan fingerprint density at radius 2 is 2.16 bits per heavy atom. The number of nitrogens with zero attached hydrogens (tertiary/aromatic N) is 2. The Balaban J connectivity index is 1.87.